The fourth-order valence-electron chi connectivity index (χ4n) is 4.52. The lowest BCUT2D eigenvalue weighted by Crippen LogP contribution is -2.29. The van der Waals surface area contributed by atoms with Crippen LogP contribution in [0.1, 0.15) is 18.4 Å². The second-order valence-electron chi connectivity index (χ2n) is 8.31. The molecule has 1 unspecified atom stereocenters. The maximum atomic E-state index is 14.2. The summed E-state index contributed by atoms with van der Waals surface area (Å²) in [6.45, 7) is 0.804. The van der Waals surface area contributed by atoms with Crippen molar-refractivity contribution < 1.29 is 18.0 Å². The van der Waals surface area contributed by atoms with Gasteiger partial charge in [0, 0.05) is 12.7 Å². The second kappa shape index (κ2) is 8.51. The monoisotopic (exact) mass is 508 g/mol. The molecule has 0 radical (unpaired) electrons. The summed E-state index contributed by atoms with van der Waals surface area (Å²) in [5.74, 6) is -1.86. The van der Waals surface area contributed by atoms with E-state index in [0.29, 0.717) is 23.7 Å². The molecule has 4 heterocycles. The predicted octanol–water partition coefficient (Wildman–Crippen LogP) is 4.35. The first-order chi connectivity index (χ1) is 17.5. The van der Waals surface area contributed by atoms with Gasteiger partial charge in [-0.25, -0.2) is 13.8 Å². The van der Waals surface area contributed by atoms with E-state index in [9.17, 15) is 18.8 Å². The summed E-state index contributed by atoms with van der Waals surface area (Å²) >= 11 is 6.30. The van der Waals surface area contributed by atoms with Gasteiger partial charge in [0.2, 0.25) is 5.82 Å². The van der Waals surface area contributed by atoms with Gasteiger partial charge in [0.25, 0.3) is 11.4 Å². The molecule has 0 N–H and O–H groups in total. The molecule has 0 bridgehead atoms. The maximum Gasteiger partial charge on any atom is 0.277 e. The summed E-state index contributed by atoms with van der Waals surface area (Å²) in [7, 11) is 0. The Hall–Kier alpha value is -4.14. The standard InChI is InChI=1S/C24H15ClF2N6O3/c25-16-5-6-18-20(15(16)9-28)32(10-13-2-1-7-35-13)24(34)21-19(29-11-33(18)21)22-30-23(36-31-22)14-4-3-12(26)8-17(14)27/h3-6,8,11,13H,1-2,7,10H2. The van der Waals surface area contributed by atoms with E-state index in [1.807, 2.05) is 0 Å². The van der Waals surface area contributed by atoms with Crippen LogP contribution < -0.4 is 5.56 Å². The maximum absolute atomic E-state index is 14.2. The van der Waals surface area contributed by atoms with Gasteiger partial charge in [-0.2, -0.15) is 10.2 Å². The van der Waals surface area contributed by atoms with Gasteiger partial charge in [0.15, 0.2) is 0 Å². The number of imidazole rings is 1. The first-order valence-electron chi connectivity index (χ1n) is 11.0. The van der Waals surface area contributed by atoms with E-state index in [-0.39, 0.29) is 51.7 Å². The van der Waals surface area contributed by atoms with E-state index in [4.69, 9.17) is 20.9 Å². The second-order valence-corrected chi connectivity index (χ2v) is 8.72. The van der Waals surface area contributed by atoms with Crippen LogP contribution in [0.25, 0.3) is 39.5 Å². The third kappa shape index (κ3) is 3.45. The Morgan fingerprint density at radius 2 is 2.08 bits per heavy atom. The zero-order chi connectivity index (χ0) is 25.0. The summed E-state index contributed by atoms with van der Waals surface area (Å²) in [6, 6.07) is 8.33. The number of benzene rings is 2. The molecule has 2 aromatic carbocycles. The summed E-state index contributed by atoms with van der Waals surface area (Å²) in [4.78, 5) is 22.4. The van der Waals surface area contributed by atoms with Crippen LogP contribution in [-0.2, 0) is 11.3 Å². The normalized spacial score (nSPS) is 15.7. The number of hydrogen-bond donors (Lipinski definition) is 0. The highest BCUT2D eigenvalue weighted by Crippen LogP contribution is 2.30. The van der Waals surface area contributed by atoms with Gasteiger partial charge in [-0.15, -0.1) is 0 Å². The number of nitrogens with zero attached hydrogens (tertiary/aromatic N) is 6. The van der Waals surface area contributed by atoms with Crippen molar-refractivity contribution in [2.75, 3.05) is 6.61 Å². The van der Waals surface area contributed by atoms with Crippen molar-refractivity contribution in [3.05, 3.63) is 69.2 Å². The van der Waals surface area contributed by atoms with Crippen molar-refractivity contribution in [2.45, 2.75) is 25.5 Å². The van der Waals surface area contributed by atoms with E-state index in [1.165, 1.54) is 21.4 Å². The molecule has 6 rings (SSSR count). The third-order valence-corrected chi connectivity index (χ3v) is 6.49. The van der Waals surface area contributed by atoms with E-state index in [2.05, 4.69) is 21.2 Å². The fraction of sp³-hybridized carbons (Fsp3) is 0.208. The highest BCUT2D eigenvalue weighted by molar-refractivity contribution is 6.32. The average Bonchev–Trinajstić information content (AvgIpc) is 3.62. The quantitative estimate of drug-likeness (QED) is 0.355. The van der Waals surface area contributed by atoms with Crippen LogP contribution in [0.2, 0.25) is 5.02 Å². The molecule has 12 heteroatoms. The number of rotatable bonds is 4. The van der Waals surface area contributed by atoms with Crippen LogP contribution in [0.3, 0.4) is 0 Å². The van der Waals surface area contributed by atoms with Gasteiger partial charge >= 0.3 is 0 Å². The van der Waals surface area contributed by atoms with Crippen LogP contribution in [-0.4, -0.2) is 36.8 Å². The summed E-state index contributed by atoms with van der Waals surface area (Å²) in [5.41, 5.74) is 0.749. The van der Waals surface area contributed by atoms with Gasteiger partial charge in [0.1, 0.15) is 35.2 Å². The van der Waals surface area contributed by atoms with Crippen LogP contribution in [0.15, 0.2) is 46.0 Å². The Labute approximate surface area is 206 Å². The minimum atomic E-state index is -0.870. The Kier molecular flexibility index (Phi) is 5.28. The number of fused-ring (bicyclic) bond motifs is 3. The topological polar surface area (TPSA) is 111 Å². The number of hydrogen-bond acceptors (Lipinski definition) is 7. The van der Waals surface area contributed by atoms with Crippen molar-refractivity contribution in [2.24, 2.45) is 0 Å². The molecule has 3 aromatic heterocycles. The predicted molar refractivity (Wildman–Crippen MR) is 124 cm³/mol. The molecule has 1 saturated heterocycles. The van der Waals surface area contributed by atoms with E-state index < -0.39 is 17.2 Å². The highest BCUT2D eigenvalue weighted by atomic mass is 35.5. The molecular formula is C24H15ClF2N6O3. The number of nitriles is 1. The lowest BCUT2D eigenvalue weighted by molar-refractivity contribution is 0.0973. The van der Waals surface area contributed by atoms with Gasteiger partial charge in [-0.3, -0.25) is 9.20 Å². The SMILES string of the molecule is N#Cc1c(Cl)ccc2c1n(CC1CCCO1)c(=O)c1c(-c3noc(-c4ccc(F)cc4F)n3)ncn12. The zero-order valence-corrected chi connectivity index (χ0v) is 19.2. The molecule has 0 saturated carbocycles. The molecule has 1 aliphatic heterocycles. The molecule has 1 atom stereocenters. The van der Waals surface area contributed by atoms with Gasteiger partial charge in [-0.1, -0.05) is 16.8 Å². The molecule has 1 fully saturated rings. The van der Waals surface area contributed by atoms with Crippen molar-refractivity contribution >= 4 is 28.2 Å². The smallest absolute Gasteiger partial charge is 0.277 e. The minimum Gasteiger partial charge on any atom is -0.376 e. The summed E-state index contributed by atoms with van der Waals surface area (Å²) in [5, 5.41) is 13.9. The molecule has 180 valence electrons. The van der Waals surface area contributed by atoms with Crippen molar-refractivity contribution in [3.8, 4) is 29.0 Å². The highest BCUT2D eigenvalue weighted by Gasteiger charge is 2.26. The molecule has 9 nitrogen and oxygen atoms in total. The summed E-state index contributed by atoms with van der Waals surface area (Å²) in [6.07, 6.45) is 2.84. The fourth-order valence-corrected chi connectivity index (χ4v) is 4.71. The minimum absolute atomic E-state index is 0.0502. The average molecular weight is 509 g/mol. The molecule has 0 spiro atoms. The first-order valence-corrected chi connectivity index (χ1v) is 11.4. The lowest BCUT2D eigenvalue weighted by atomic mass is 10.1. The van der Waals surface area contributed by atoms with E-state index in [0.717, 1.165) is 18.9 Å². The summed E-state index contributed by atoms with van der Waals surface area (Å²) < 4.78 is 41.5. The zero-order valence-electron chi connectivity index (χ0n) is 18.4. The largest absolute Gasteiger partial charge is 0.376 e. The molecule has 0 amide bonds. The number of halogens is 3. The van der Waals surface area contributed by atoms with Crippen molar-refractivity contribution in [3.63, 3.8) is 0 Å². The Balaban J connectivity index is 1.58. The van der Waals surface area contributed by atoms with Gasteiger partial charge in [-0.05, 0) is 37.1 Å². The van der Waals surface area contributed by atoms with Crippen LogP contribution in [0.5, 0.6) is 0 Å². The number of ether oxygens (including phenoxy) is 1. The molecule has 5 aromatic rings. The van der Waals surface area contributed by atoms with Crippen molar-refractivity contribution in [1.29, 1.82) is 5.26 Å². The third-order valence-electron chi connectivity index (χ3n) is 6.17. The van der Waals surface area contributed by atoms with E-state index >= 15 is 0 Å². The Bertz CT molecular complexity index is 1760. The van der Waals surface area contributed by atoms with Crippen LogP contribution in [0.4, 0.5) is 8.78 Å². The molecule has 36 heavy (non-hydrogen) atoms. The van der Waals surface area contributed by atoms with Crippen molar-refractivity contribution in [1.82, 2.24) is 24.1 Å². The van der Waals surface area contributed by atoms with Gasteiger partial charge < -0.3 is 13.8 Å². The Morgan fingerprint density at radius 3 is 2.83 bits per heavy atom. The lowest BCUT2D eigenvalue weighted by Gasteiger charge is -2.17. The number of aromatic nitrogens is 5. The first kappa shape index (κ1) is 22.3. The molecule has 0 aliphatic carbocycles. The van der Waals surface area contributed by atoms with Gasteiger partial charge in [0.05, 0.1) is 39.8 Å². The van der Waals surface area contributed by atoms with E-state index in [1.54, 1.807) is 12.1 Å². The molecule has 1 aliphatic rings. The molecular weight excluding hydrogens is 494 g/mol. The Morgan fingerprint density at radius 1 is 1.22 bits per heavy atom. The van der Waals surface area contributed by atoms with Crippen LogP contribution in [0, 0.1) is 23.0 Å². The van der Waals surface area contributed by atoms with Crippen LogP contribution >= 0.6 is 11.6 Å².